The maximum absolute atomic E-state index is 12.4. The number of rotatable bonds is 6. The molecule has 1 amide bonds. The van der Waals surface area contributed by atoms with Gasteiger partial charge in [0, 0.05) is 37.3 Å². The van der Waals surface area contributed by atoms with Crippen molar-refractivity contribution in [2.24, 2.45) is 0 Å². The molecule has 0 spiro atoms. The number of anilines is 1. The van der Waals surface area contributed by atoms with Crippen LogP contribution in [0.25, 0.3) is 22.4 Å². The predicted molar refractivity (Wildman–Crippen MR) is 123 cm³/mol. The highest BCUT2D eigenvalue weighted by Gasteiger charge is 2.17. The summed E-state index contributed by atoms with van der Waals surface area (Å²) < 4.78 is 5.19. The van der Waals surface area contributed by atoms with Gasteiger partial charge in [-0.05, 0) is 49.2 Å². The number of aromatic amines is 1. The lowest BCUT2D eigenvalue weighted by atomic mass is 10.2. The Labute approximate surface area is 186 Å². The van der Waals surface area contributed by atoms with E-state index in [4.69, 9.17) is 4.52 Å². The fourth-order valence-corrected chi connectivity index (χ4v) is 4.08. The van der Waals surface area contributed by atoms with Crippen LogP contribution in [-0.4, -0.2) is 45.7 Å². The van der Waals surface area contributed by atoms with Gasteiger partial charge in [0.25, 0.3) is 0 Å². The third-order valence-electron chi connectivity index (χ3n) is 5.80. The van der Waals surface area contributed by atoms with Gasteiger partial charge in [-0.3, -0.25) is 4.79 Å². The molecule has 0 atom stereocenters. The second-order valence-corrected chi connectivity index (χ2v) is 8.08. The van der Waals surface area contributed by atoms with Crippen molar-refractivity contribution >= 4 is 22.6 Å². The second-order valence-electron chi connectivity index (χ2n) is 8.08. The number of benzene rings is 2. The normalized spacial score (nSPS) is 14.4. The maximum Gasteiger partial charge on any atom is 0.316 e. The number of imidazole rings is 1. The van der Waals surface area contributed by atoms with E-state index in [-0.39, 0.29) is 11.8 Å². The molecule has 2 aromatic heterocycles. The molecule has 8 heteroatoms. The fraction of sp³-hybridized carbons (Fsp3) is 0.333. The standard InChI is InChI=1S/C24H26N6O2/c31-23(25-14-13-21-26-19-7-3-4-8-20(19)27-21)24-28-22(29-32-24)17-9-11-18(12-10-17)30-15-5-1-2-6-16-30/h3-4,7-12H,1-2,5-6,13-16H2,(H,25,31)(H,26,27). The molecule has 8 nitrogen and oxygen atoms in total. The van der Waals surface area contributed by atoms with Crippen molar-refractivity contribution in [3.8, 4) is 11.4 Å². The van der Waals surface area contributed by atoms with E-state index in [9.17, 15) is 4.79 Å². The number of H-pyrrole nitrogens is 1. The van der Waals surface area contributed by atoms with Crippen LogP contribution in [0.3, 0.4) is 0 Å². The Hall–Kier alpha value is -3.68. The number of nitrogens with zero attached hydrogens (tertiary/aromatic N) is 4. The minimum Gasteiger partial charge on any atom is -0.372 e. The highest BCUT2D eigenvalue weighted by molar-refractivity contribution is 5.89. The van der Waals surface area contributed by atoms with Crippen molar-refractivity contribution in [2.45, 2.75) is 32.1 Å². The van der Waals surface area contributed by atoms with Gasteiger partial charge < -0.3 is 19.7 Å². The molecule has 164 valence electrons. The molecule has 0 radical (unpaired) electrons. The van der Waals surface area contributed by atoms with E-state index < -0.39 is 0 Å². The van der Waals surface area contributed by atoms with Crippen LogP contribution >= 0.6 is 0 Å². The first-order valence-corrected chi connectivity index (χ1v) is 11.2. The van der Waals surface area contributed by atoms with Gasteiger partial charge in [0.15, 0.2) is 0 Å². The minimum atomic E-state index is -0.388. The number of fused-ring (bicyclic) bond motifs is 1. The molecule has 1 saturated heterocycles. The van der Waals surface area contributed by atoms with Crippen LogP contribution in [0, 0.1) is 0 Å². The van der Waals surface area contributed by atoms with Crippen molar-refractivity contribution in [3.63, 3.8) is 0 Å². The predicted octanol–water partition coefficient (Wildman–Crippen LogP) is 3.97. The van der Waals surface area contributed by atoms with Crippen molar-refractivity contribution in [1.29, 1.82) is 0 Å². The van der Waals surface area contributed by atoms with Crippen LogP contribution in [0.4, 0.5) is 5.69 Å². The van der Waals surface area contributed by atoms with Crippen LogP contribution in [-0.2, 0) is 6.42 Å². The molecule has 5 rings (SSSR count). The quantitative estimate of drug-likeness (QED) is 0.480. The zero-order valence-electron chi connectivity index (χ0n) is 17.9. The molecule has 3 heterocycles. The van der Waals surface area contributed by atoms with Crippen molar-refractivity contribution in [3.05, 3.63) is 60.2 Å². The third-order valence-corrected chi connectivity index (χ3v) is 5.80. The summed E-state index contributed by atoms with van der Waals surface area (Å²) >= 11 is 0. The minimum absolute atomic E-state index is 0.0406. The number of amides is 1. The molecule has 0 saturated carbocycles. The maximum atomic E-state index is 12.4. The first-order valence-electron chi connectivity index (χ1n) is 11.2. The lowest BCUT2D eigenvalue weighted by Gasteiger charge is -2.22. The molecule has 2 N–H and O–H groups in total. The van der Waals surface area contributed by atoms with Gasteiger partial charge >= 0.3 is 11.8 Å². The molecule has 4 aromatic rings. The number of aromatic nitrogens is 4. The molecule has 1 aliphatic heterocycles. The Balaban J connectivity index is 1.18. The number of hydrogen-bond acceptors (Lipinski definition) is 6. The monoisotopic (exact) mass is 430 g/mol. The smallest absolute Gasteiger partial charge is 0.316 e. The number of nitrogens with one attached hydrogen (secondary N) is 2. The Bertz CT molecular complexity index is 1160. The van der Waals surface area contributed by atoms with E-state index in [0.717, 1.165) is 35.5 Å². The Morgan fingerprint density at radius 1 is 1.00 bits per heavy atom. The van der Waals surface area contributed by atoms with Crippen LogP contribution in [0.15, 0.2) is 53.1 Å². The van der Waals surface area contributed by atoms with Gasteiger partial charge in [-0.25, -0.2) is 4.98 Å². The van der Waals surface area contributed by atoms with Crippen LogP contribution in [0.2, 0.25) is 0 Å². The molecule has 0 aliphatic carbocycles. The number of carbonyl (C=O) groups excluding carboxylic acids is 1. The number of hydrogen-bond donors (Lipinski definition) is 2. The number of carbonyl (C=O) groups is 1. The van der Waals surface area contributed by atoms with Crippen LogP contribution in [0.1, 0.15) is 42.2 Å². The summed E-state index contributed by atoms with van der Waals surface area (Å²) in [5.41, 5.74) is 3.94. The average molecular weight is 431 g/mol. The highest BCUT2D eigenvalue weighted by atomic mass is 16.5. The van der Waals surface area contributed by atoms with Gasteiger partial charge in [-0.1, -0.05) is 30.1 Å². The van der Waals surface area contributed by atoms with Gasteiger partial charge in [0.2, 0.25) is 5.82 Å². The SMILES string of the molecule is O=C(NCCc1nc2ccccc2[nH]1)c1nc(-c2ccc(N3CCCCCC3)cc2)no1. The number of para-hydroxylation sites is 2. The summed E-state index contributed by atoms with van der Waals surface area (Å²) in [7, 11) is 0. The van der Waals surface area contributed by atoms with E-state index in [1.807, 2.05) is 36.4 Å². The molecule has 32 heavy (non-hydrogen) atoms. The Kier molecular flexibility index (Phi) is 5.83. The molecular formula is C24H26N6O2. The summed E-state index contributed by atoms with van der Waals surface area (Å²) in [5, 5.41) is 6.79. The Morgan fingerprint density at radius 2 is 1.78 bits per heavy atom. The highest BCUT2D eigenvalue weighted by Crippen LogP contribution is 2.23. The summed E-state index contributed by atoms with van der Waals surface area (Å²) in [4.78, 5) is 26.9. The average Bonchev–Trinajstić information content (AvgIpc) is 3.39. The molecule has 1 aliphatic rings. The largest absolute Gasteiger partial charge is 0.372 e. The van der Waals surface area contributed by atoms with Crippen LogP contribution < -0.4 is 10.2 Å². The fourth-order valence-electron chi connectivity index (χ4n) is 4.08. The van der Waals surface area contributed by atoms with E-state index in [2.05, 4.69) is 42.5 Å². The molecule has 0 unspecified atom stereocenters. The van der Waals surface area contributed by atoms with E-state index in [1.54, 1.807) is 0 Å². The molecule has 1 fully saturated rings. The van der Waals surface area contributed by atoms with Crippen molar-refractivity contribution in [1.82, 2.24) is 25.4 Å². The lowest BCUT2D eigenvalue weighted by Crippen LogP contribution is -2.26. The summed E-state index contributed by atoms with van der Waals surface area (Å²) in [6.45, 7) is 2.61. The molecular weight excluding hydrogens is 404 g/mol. The van der Waals surface area contributed by atoms with Gasteiger partial charge in [0.05, 0.1) is 11.0 Å². The van der Waals surface area contributed by atoms with E-state index in [1.165, 1.54) is 31.4 Å². The first kappa shape index (κ1) is 20.2. The third kappa shape index (κ3) is 4.49. The lowest BCUT2D eigenvalue weighted by molar-refractivity contribution is 0.0910. The molecule has 2 aromatic carbocycles. The zero-order valence-corrected chi connectivity index (χ0v) is 17.9. The Morgan fingerprint density at radius 3 is 2.56 bits per heavy atom. The summed E-state index contributed by atoms with van der Waals surface area (Å²) in [6, 6.07) is 16.0. The topological polar surface area (TPSA) is 99.9 Å². The van der Waals surface area contributed by atoms with E-state index >= 15 is 0 Å². The zero-order chi connectivity index (χ0) is 21.8. The van der Waals surface area contributed by atoms with Gasteiger partial charge in [-0.15, -0.1) is 0 Å². The van der Waals surface area contributed by atoms with Crippen LogP contribution in [0.5, 0.6) is 0 Å². The van der Waals surface area contributed by atoms with Crippen molar-refractivity contribution in [2.75, 3.05) is 24.5 Å². The van der Waals surface area contributed by atoms with Gasteiger partial charge in [-0.2, -0.15) is 4.98 Å². The summed E-state index contributed by atoms with van der Waals surface area (Å²) in [6.07, 6.45) is 5.67. The molecule has 0 bridgehead atoms. The van der Waals surface area contributed by atoms with Gasteiger partial charge in [0.1, 0.15) is 5.82 Å². The van der Waals surface area contributed by atoms with E-state index in [0.29, 0.717) is 18.8 Å². The summed E-state index contributed by atoms with van der Waals surface area (Å²) in [5.74, 6) is 0.805. The van der Waals surface area contributed by atoms with Crippen molar-refractivity contribution < 1.29 is 9.32 Å². The first-order chi connectivity index (χ1) is 15.8. The second kappa shape index (κ2) is 9.21.